The molecule has 0 atom stereocenters. The van der Waals surface area contributed by atoms with Crippen LogP contribution >= 0.6 is 11.8 Å². The Morgan fingerprint density at radius 1 is 1.21 bits per heavy atom. The maximum atomic E-state index is 9.24. The van der Waals surface area contributed by atoms with E-state index in [0.717, 1.165) is 16.8 Å². The number of rotatable bonds is 5. The van der Waals surface area contributed by atoms with E-state index in [2.05, 4.69) is 62.5 Å². The number of hydrogen-bond donors (Lipinski definition) is 2. The van der Waals surface area contributed by atoms with Crippen LogP contribution in [0.25, 0.3) is 16.7 Å². The molecule has 118 valence electrons. The van der Waals surface area contributed by atoms with Crippen molar-refractivity contribution in [3.63, 3.8) is 0 Å². The van der Waals surface area contributed by atoms with Gasteiger partial charge in [0.05, 0.1) is 0 Å². The largest absolute Gasteiger partial charge is 0.360 e. The normalized spacial score (nSPS) is 11.1. The van der Waals surface area contributed by atoms with Gasteiger partial charge in [-0.25, -0.2) is 0 Å². The summed E-state index contributed by atoms with van der Waals surface area (Å²) in [6, 6.07) is 18.3. The minimum absolute atomic E-state index is 0.256. The van der Waals surface area contributed by atoms with Crippen molar-refractivity contribution < 1.29 is 0 Å². The van der Waals surface area contributed by atoms with Crippen LogP contribution in [0.3, 0.4) is 0 Å². The van der Waals surface area contributed by atoms with Gasteiger partial charge < -0.3 is 5.32 Å². The number of aromatic amines is 1. The molecule has 1 aromatic heterocycles. The second kappa shape index (κ2) is 7.44. The molecule has 2 aromatic carbocycles. The van der Waals surface area contributed by atoms with E-state index >= 15 is 0 Å². The average Bonchev–Trinajstić information content (AvgIpc) is 3.17. The number of nitrogens with one attached hydrogen (secondary N) is 2. The molecule has 3 rings (SSSR count). The van der Waals surface area contributed by atoms with E-state index < -0.39 is 0 Å². The van der Waals surface area contributed by atoms with Gasteiger partial charge in [-0.15, -0.1) is 22.0 Å². The van der Waals surface area contributed by atoms with Crippen molar-refractivity contribution in [3.8, 4) is 17.2 Å². The molecule has 2 N–H and O–H groups in total. The molecule has 0 aliphatic carbocycles. The van der Waals surface area contributed by atoms with Gasteiger partial charge in [0, 0.05) is 22.3 Å². The number of nitriles is 1. The first-order valence-corrected chi connectivity index (χ1v) is 8.38. The molecule has 0 bridgehead atoms. The highest BCUT2D eigenvalue weighted by molar-refractivity contribution is 7.98. The van der Waals surface area contributed by atoms with E-state index in [4.69, 9.17) is 0 Å². The molecule has 6 nitrogen and oxygen atoms in total. The molecule has 1 heterocycles. The van der Waals surface area contributed by atoms with Crippen molar-refractivity contribution in [2.24, 2.45) is 0 Å². The van der Waals surface area contributed by atoms with Gasteiger partial charge >= 0.3 is 0 Å². The highest BCUT2D eigenvalue weighted by atomic mass is 32.2. The number of anilines is 1. The van der Waals surface area contributed by atoms with E-state index in [1.165, 1.54) is 4.90 Å². The molecule has 0 spiro atoms. The van der Waals surface area contributed by atoms with Crippen molar-refractivity contribution in [1.82, 2.24) is 20.6 Å². The molecule has 3 aromatic rings. The molecule has 0 aliphatic rings. The van der Waals surface area contributed by atoms with Crippen molar-refractivity contribution in [1.29, 1.82) is 5.26 Å². The Labute approximate surface area is 143 Å². The lowest BCUT2D eigenvalue weighted by atomic mass is 10.0. The summed E-state index contributed by atoms with van der Waals surface area (Å²) in [6.45, 7) is 0. The Kier molecular flexibility index (Phi) is 4.89. The number of aromatic nitrogens is 4. The quantitative estimate of drug-likeness (QED) is 0.547. The highest BCUT2D eigenvalue weighted by Crippen LogP contribution is 2.29. The summed E-state index contributed by atoms with van der Waals surface area (Å²) in [5.74, 6) is 0.256. The van der Waals surface area contributed by atoms with Crippen molar-refractivity contribution in [2.45, 2.75) is 4.90 Å². The first kappa shape index (κ1) is 15.8. The molecular formula is C17H14N6S. The van der Waals surface area contributed by atoms with Crippen molar-refractivity contribution >= 4 is 23.0 Å². The van der Waals surface area contributed by atoms with E-state index in [1.807, 2.05) is 24.3 Å². The van der Waals surface area contributed by atoms with Crippen LogP contribution < -0.4 is 5.32 Å². The van der Waals surface area contributed by atoms with Gasteiger partial charge in [-0.05, 0) is 35.2 Å². The molecule has 0 amide bonds. The smallest absolute Gasteiger partial charge is 0.216 e. The van der Waals surface area contributed by atoms with E-state index in [9.17, 15) is 5.26 Å². The second-order valence-electron chi connectivity index (χ2n) is 4.82. The maximum Gasteiger partial charge on any atom is 0.216 e. The summed E-state index contributed by atoms with van der Waals surface area (Å²) in [6.07, 6.45) is 3.64. The lowest BCUT2D eigenvalue weighted by molar-refractivity contribution is 0.881. The molecule has 0 aliphatic heterocycles. The summed E-state index contributed by atoms with van der Waals surface area (Å²) in [4.78, 5) is 1.22. The number of tetrazole rings is 1. The minimum Gasteiger partial charge on any atom is -0.360 e. The predicted octanol–water partition coefficient (Wildman–Crippen LogP) is 3.57. The first-order valence-electron chi connectivity index (χ1n) is 7.16. The fourth-order valence-corrected chi connectivity index (χ4v) is 2.61. The lowest BCUT2D eigenvalue weighted by Crippen LogP contribution is -1.95. The Morgan fingerprint density at radius 3 is 2.67 bits per heavy atom. The SMILES string of the molecule is CSc1ccc(-c2ccccc2NC=C(C#N)c2nn[nH]n2)cc1. The minimum atomic E-state index is 0.256. The van der Waals surface area contributed by atoms with Crippen LogP contribution in [0.4, 0.5) is 5.69 Å². The first-order chi connectivity index (χ1) is 11.8. The lowest BCUT2D eigenvalue weighted by Gasteiger charge is -2.10. The van der Waals surface area contributed by atoms with Crippen LogP contribution in [-0.2, 0) is 0 Å². The summed E-state index contributed by atoms with van der Waals surface area (Å²) in [7, 11) is 0. The molecule has 0 fully saturated rings. The zero-order valence-electron chi connectivity index (χ0n) is 12.9. The number of allylic oxidation sites excluding steroid dienone is 1. The summed E-state index contributed by atoms with van der Waals surface area (Å²) >= 11 is 1.71. The number of para-hydroxylation sites is 1. The van der Waals surface area contributed by atoms with Gasteiger partial charge in [-0.1, -0.05) is 30.3 Å². The van der Waals surface area contributed by atoms with Crippen LogP contribution in [0.15, 0.2) is 59.6 Å². The van der Waals surface area contributed by atoms with Crippen LogP contribution in [0, 0.1) is 11.3 Å². The molecule has 0 saturated carbocycles. The number of nitrogens with zero attached hydrogens (tertiary/aromatic N) is 4. The fraction of sp³-hybridized carbons (Fsp3) is 0.0588. The third kappa shape index (κ3) is 3.45. The third-order valence-electron chi connectivity index (χ3n) is 3.41. The number of hydrogen-bond acceptors (Lipinski definition) is 6. The van der Waals surface area contributed by atoms with Gasteiger partial charge in [0.25, 0.3) is 0 Å². The van der Waals surface area contributed by atoms with Gasteiger partial charge in [0.15, 0.2) is 0 Å². The summed E-state index contributed by atoms with van der Waals surface area (Å²) in [5.41, 5.74) is 3.34. The molecule has 0 unspecified atom stereocenters. The number of benzene rings is 2. The fourth-order valence-electron chi connectivity index (χ4n) is 2.20. The van der Waals surface area contributed by atoms with Crippen LogP contribution in [0.2, 0.25) is 0 Å². The Morgan fingerprint density at radius 2 is 2.00 bits per heavy atom. The van der Waals surface area contributed by atoms with Crippen LogP contribution in [0.1, 0.15) is 5.82 Å². The number of thioether (sulfide) groups is 1. The number of H-pyrrole nitrogens is 1. The molecule has 7 heteroatoms. The monoisotopic (exact) mass is 334 g/mol. The Bertz CT molecular complexity index is 878. The maximum absolute atomic E-state index is 9.24. The zero-order chi connectivity index (χ0) is 16.8. The highest BCUT2D eigenvalue weighted by Gasteiger charge is 2.07. The molecular weight excluding hydrogens is 320 g/mol. The average molecular weight is 334 g/mol. The molecule has 24 heavy (non-hydrogen) atoms. The second-order valence-corrected chi connectivity index (χ2v) is 5.70. The van der Waals surface area contributed by atoms with Crippen molar-refractivity contribution in [3.05, 3.63) is 60.6 Å². The predicted molar refractivity (Wildman–Crippen MR) is 95.0 cm³/mol. The van der Waals surface area contributed by atoms with E-state index in [-0.39, 0.29) is 5.82 Å². The Balaban J connectivity index is 1.90. The van der Waals surface area contributed by atoms with Crippen molar-refractivity contribution in [2.75, 3.05) is 11.6 Å². The molecule has 0 radical (unpaired) electrons. The summed E-state index contributed by atoms with van der Waals surface area (Å²) < 4.78 is 0. The van der Waals surface area contributed by atoms with Gasteiger partial charge in [0.1, 0.15) is 11.6 Å². The standard InChI is InChI=1S/C17H14N6S/c1-24-14-8-6-12(7-9-14)15-4-2-3-5-16(15)19-11-13(10-18)17-20-22-23-21-17/h2-9,11,19H,1H3,(H,20,21,22,23). The van der Waals surface area contributed by atoms with Crippen LogP contribution in [0.5, 0.6) is 0 Å². The van der Waals surface area contributed by atoms with E-state index in [1.54, 1.807) is 18.0 Å². The topological polar surface area (TPSA) is 90.3 Å². The van der Waals surface area contributed by atoms with Gasteiger partial charge in [0.2, 0.25) is 5.82 Å². The summed E-state index contributed by atoms with van der Waals surface area (Å²) in [5, 5.41) is 25.9. The Hall–Kier alpha value is -3.11. The van der Waals surface area contributed by atoms with Gasteiger partial charge in [-0.3, -0.25) is 0 Å². The zero-order valence-corrected chi connectivity index (χ0v) is 13.7. The van der Waals surface area contributed by atoms with Crippen LogP contribution in [-0.4, -0.2) is 26.9 Å². The molecule has 0 saturated heterocycles. The van der Waals surface area contributed by atoms with Gasteiger partial charge in [-0.2, -0.15) is 10.5 Å². The van der Waals surface area contributed by atoms with E-state index in [0.29, 0.717) is 5.57 Å². The third-order valence-corrected chi connectivity index (χ3v) is 4.15.